The topological polar surface area (TPSA) is 55.1 Å². The average Bonchev–Trinajstić information content (AvgIpc) is 2.91. The van der Waals surface area contributed by atoms with Crippen LogP contribution < -0.4 is 0 Å². The van der Waals surface area contributed by atoms with Crippen LogP contribution >= 0.6 is 11.6 Å². The maximum Gasteiger partial charge on any atom is 0.417 e. The van der Waals surface area contributed by atoms with Crippen LogP contribution in [0.25, 0.3) is 22.8 Å². The summed E-state index contributed by atoms with van der Waals surface area (Å²) in [7, 11) is 0. The highest BCUT2D eigenvalue weighted by molar-refractivity contribution is 6.32. The van der Waals surface area contributed by atoms with Crippen molar-refractivity contribution in [3.8, 4) is 5.82 Å². The normalized spacial score (nSPS) is 12.2. The first-order valence-electron chi connectivity index (χ1n) is 7.01. The Kier molecular flexibility index (Phi) is 4.26. The fraction of sp³-hybridized carbons (Fsp3) is 0.0588. The van der Waals surface area contributed by atoms with Gasteiger partial charge in [0.05, 0.1) is 16.1 Å². The maximum atomic E-state index is 12.8. The Morgan fingerprint density at radius 1 is 1.28 bits per heavy atom. The molecule has 0 fully saturated rings. The molecule has 0 bridgehead atoms. The number of alkyl halides is 3. The molecule has 0 radical (unpaired) electrons. The van der Waals surface area contributed by atoms with E-state index in [4.69, 9.17) is 16.7 Å². The van der Waals surface area contributed by atoms with Crippen LogP contribution in [0.4, 0.5) is 13.2 Å². The number of aliphatic carboxylic acids is 1. The number of fused-ring (bicyclic) bond motifs is 1. The van der Waals surface area contributed by atoms with Crippen LogP contribution in [0, 0.1) is 0 Å². The number of nitrogens with zero attached hydrogens (tertiary/aromatic N) is 2. The summed E-state index contributed by atoms with van der Waals surface area (Å²) in [6.45, 7) is 0. The zero-order valence-corrected chi connectivity index (χ0v) is 13.2. The predicted molar refractivity (Wildman–Crippen MR) is 87.8 cm³/mol. The lowest BCUT2D eigenvalue weighted by Crippen LogP contribution is -2.07. The van der Waals surface area contributed by atoms with Gasteiger partial charge in [-0.05, 0) is 18.2 Å². The standard InChI is InChI=1S/C17H10ClF3N2O2/c18-13-7-11(17(19,20)21)8-22-16(13)23-9-10(5-6-15(24)25)12-3-1-2-4-14(12)23/h1-9H,(H,24,25)/b6-5+. The lowest BCUT2D eigenvalue weighted by Gasteiger charge is -2.10. The molecule has 0 saturated carbocycles. The van der Waals surface area contributed by atoms with Gasteiger partial charge in [-0.2, -0.15) is 13.2 Å². The molecule has 1 N–H and O–H groups in total. The Balaban J connectivity index is 2.18. The number of rotatable bonds is 3. The summed E-state index contributed by atoms with van der Waals surface area (Å²) in [5.74, 6) is -0.983. The monoisotopic (exact) mass is 366 g/mol. The first-order valence-corrected chi connectivity index (χ1v) is 7.39. The van der Waals surface area contributed by atoms with Crippen LogP contribution in [0.2, 0.25) is 5.02 Å². The predicted octanol–water partition coefficient (Wildman–Crippen LogP) is 4.80. The van der Waals surface area contributed by atoms with Crippen LogP contribution in [-0.4, -0.2) is 20.6 Å². The van der Waals surface area contributed by atoms with Gasteiger partial charge in [0.25, 0.3) is 0 Å². The fourth-order valence-corrected chi connectivity index (χ4v) is 2.70. The molecule has 25 heavy (non-hydrogen) atoms. The van der Waals surface area contributed by atoms with Gasteiger partial charge in [0.1, 0.15) is 0 Å². The summed E-state index contributed by atoms with van der Waals surface area (Å²) < 4.78 is 39.8. The number of aromatic nitrogens is 2. The van der Waals surface area contributed by atoms with Gasteiger partial charge in [0.15, 0.2) is 5.82 Å². The Morgan fingerprint density at radius 3 is 2.64 bits per heavy atom. The Hall–Kier alpha value is -2.80. The molecule has 0 atom stereocenters. The van der Waals surface area contributed by atoms with E-state index in [0.29, 0.717) is 17.3 Å². The molecular weight excluding hydrogens is 357 g/mol. The van der Waals surface area contributed by atoms with Gasteiger partial charge in [0.2, 0.25) is 0 Å². The molecule has 4 nitrogen and oxygen atoms in total. The number of halogens is 4. The van der Waals surface area contributed by atoms with Crippen molar-refractivity contribution in [2.45, 2.75) is 6.18 Å². The van der Waals surface area contributed by atoms with E-state index < -0.39 is 17.7 Å². The second-order valence-corrected chi connectivity index (χ2v) is 5.58. The number of carboxylic acids is 1. The molecular formula is C17H10ClF3N2O2. The third-order valence-corrected chi connectivity index (χ3v) is 3.80. The summed E-state index contributed by atoms with van der Waals surface area (Å²) >= 11 is 6.01. The smallest absolute Gasteiger partial charge is 0.417 e. The molecule has 3 rings (SSSR count). The van der Waals surface area contributed by atoms with Gasteiger partial charge >= 0.3 is 12.1 Å². The maximum absolute atomic E-state index is 12.8. The van der Waals surface area contributed by atoms with Gasteiger partial charge in [-0.3, -0.25) is 4.57 Å². The van der Waals surface area contributed by atoms with Crippen molar-refractivity contribution in [2.24, 2.45) is 0 Å². The summed E-state index contributed by atoms with van der Waals surface area (Å²) in [6, 6.07) is 7.84. The van der Waals surface area contributed by atoms with Crippen LogP contribution in [0.1, 0.15) is 11.1 Å². The second kappa shape index (κ2) is 6.25. The highest BCUT2D eigenvalue weighted by Gasteiger charge is 2.31. The van der Waals surface area contributed by atoms with E-state index in [-0.39, 0.29) is 10.8 Å². The van der Waals surface area contributed by atoms with Gasteiger partial charge in [0, 0.05) is 29.4 Å². The highest BCUT2D eigenvalue weighted by Crippen LogP contribution is 2.33. The minimum absolute atomic E-state index is 0.126. The van der Waals surface area contributed by atoms with Crippen LogP contribution in [0.15, 0.2) is 48.8 Å². The van der Waals surface area contributed by atoms with Crippen molar-refractivity contribution in [3.63, 3.8) is 0 Å². The SMILES string of the molecule is O=C(O)/C=C/c1cn(-c2ncc(C(F)(F)F)cc2Cl)c2ccccc12. The van der Waals surface area contributed by atoms with E-state index in [9.17, 15) is 18.0 Å². The molecule has 3 aromatic rings. The number of benzene rings is 1. The fourth-order valence-electron chi connectivity index (χ4n) is 2.44. The van der Waals surface area contributed by atoms with E-state index in [1.807, 2.05) is 0 Å². The number of hydrogen-bond acceptors (Lipinski definition) is 2. The quantitative estimate of drug-likeness (QED) is 0.678. The minimum Gasteiger partial charge on any atom is -0.478 e. The number of carbonyl (C=O) groups is 1. The van der Waals surface area contributed by atoms with Crippen LogP contribution in [0.3, 0.4) is 0 Å². The number of para-hydroxylation sites is 1. The number of hydrogen-bond donors (Lipinski definition) is 1. The molecule has 128 valence electrons. The third-order valence-electron chi connectivity index (χ3n) is 3.53. The first-order chi connectivity index (χ1) is 11.8. The molecule has 2 aromatic heterocycles. The molecule has 0 aliphatic heterocycles. The van der Waals surface area contributed by atoms with Crippen LogP contribution in [-0.2, 0) is 11.0 Å². The molecule has 1 aromatic carbocycles. The zero-order chi connectivity index (χ0) is 18.2. The molecule has 0 aliphatic carbocycles. The van der Waals surface area contributed by atoms with E-state index in [2.05, 4.69) is 4.98 Å². The molecule has 0 spiro atoms. The van der Waals surface area contributed by atoms with Crippen molar-refractivity contribution in [3.05, 3.63) is 65.0 Å². The Morgan fingerprint density at radius 2 is 2.00 bits per heavy atom. The largest absolute Gasteiger partial charge is 0.478 e. The lowest BCUT2D eigenvalue weighted by atomic mass is 10.1. The van der Waals surface area contributed by atoms with Crippen molar-refractivity contribution < 1.29 is 23.1 Å². The molecule has 0 amide bonds. The van der Waals surface area contributed by atoms with E-state index >= 15 is 0 Å². The summed E-state index contributed by atoms with van der Waals surface area (Å²) in [5, 5.41) is 9.35. The van der Waals surface area contributed by atoms with E-state index in [1.54, 1.807) is 30.5 Å². The van der Waals surface area contributed by atoms with E-state index in [1.165, 1.54) is 10.6 Å². The van der Waals surface area contributed by atoms with Gasteiger partial charge < -0.3 is 5.11 Å². The summed E-state index contributed by atoms with van der Waals surface area (Å²) in [5.41, 5.74) is 0.279. The van der Waals surface area contributed by atoms with Crippen molar-refractivity contribution in [1.82, 2.24) is 9.55 Å². The molecule has 2 heterocycles. The second-order valence-electron chi connectivity index (χ2n) is 5.17. The van der Waals surface area contributed by atoms with Gasteiger partial charge in [-0.15, -0.1) is 0 Å². The lowest BCUT2D eigenvalue weighted by molar-refractivity contribution is -0.137. The Bertz CT molecular complexity index is 993. The van der Waals surface area contributed by atoms with Crippen LogP contribution in [0.5, 0.6) is 0 Å². The molecule has 0 aliphatic rings. The first kappa shape index (κ1) is 17.0. The van der Waals surface area contributed by atoms with Gasteiger partial charge in [-0.1, -0.05) is 29.8 Å². The summed E-state index contributed by atoms with van der Waals surface area (Å²) in [4.78, 5) is 14.6. The van der Waals surface area contributed by atoms with Crippen molar-refractivity contribution in [1.29, 1.82) is 0 Å². The minimum atomic E-state index is -4.54. The molecule has 0 saturated heterocycles. The number of carboxylic acid groups (broad SMARTS) is 1. The van der Waals surface area contributed by atoms with Crippen molar-refractivity contribution in [2.75, 3.05) is 0 Å². The van der Waals surface area contributed by atoms with Gasteiger partial charge in [-0.25, -0.2) is 9.78 Å². The Labute approximate surface area is 144 Å². The number of pyridine rings is 1. The summed E-state index contributed by atoms with van der Waals surface area (Å²) in [6.07, 6.45) is 0.130. The molecule has 0 unspecified atom stereocenters. The third kappa shape index (κ3) is 3.36. The average molecular weight is 367 g/mol. The highest BCUT2D eigenvalue weighted by atomic mass is 35.5. The van der Waals surface area contributed by atoms with Crippen molar-refractivity contribution >= 4 is 34.5 Å². The zero-order valence-electron chi connectivity index (χ0n) is 12.5. The van der Waals surface area contributed by atoms with E-state index in [0.717, 1.165) is 17.5 Å². The molecule has 8 heteroatoms.